The summed E-state index contributed by atoms with van der Waals surface area (Å²) in [4.78, 5) is 24.5. The number of carbonyl (C=O) groups is 2. The normalized spacial score (nSPS) is 23.4. The van der Waals surface area contributed by atoms with Gasteiger partial charge in [0.05, 0.1) is 6.61 Å². The van der Waals surface area contributed by atoms with E-state index in [-0.39, 0.29) is 5.91 Å². The van der Waals surface area contributed by atoms with Crippen LogP contribution in [0.15, 0.2) is 24.3 Å². The maximum atomic E-state index is 12.7. The van der Waals surface area contributed by atoms with Crippen LogP contribution in [0.2, 0.25) is 0 Å². The van der Waals surface area contributed by atoms with E-state index < -0.39 is 11.5 Å². The van der Waals surface area contributed by atoms with E-state index in [4.69, 9.17) is 4.74 Å². The van der Waals surface area contributed by atoms with Crippen LogP contribution in [0.5, 0.6) is 0 Å². The van der Waals surface area contributed by atoms with Crippen LogP contribution >= 0.6 is 0 Å². The zero-order chi connectivity index (χ0) is 17.0. The average molecular weight is 331 g/mol. The number of carbonyl (C=O) groups excluding carboxylic acids is 1. The van der Waals surface area contributed by atoms with Gasteiger partial charge in [-0.3, -0.25) is 4.79 Å². The summed E-state index contributed by atoms with van der Waals surface area (Å²) in [6.07, 6.45) is 5.71. The number of rotatable bonds is 4. The second kappa shape index (κ2) is 7.34. The van der Waals surface area contributed by atoms with Gasteiger partial charge in [0.1, 0.15) is 5.54 Å². The molecule has 1 heterocycles. The highest BCUT2D eigenvalue weighted by atomic mass is 16.5. The lowest BCUT2D eigenvalue weighted by Crippen LogP contribution is -2.54. The minimum Gasteiger partial charge on any atom is -0.480 e. The Balaban J connectivity index is 1.77. The molecule has 2 aliphatic rings. The number of hydrogen-bond acceptors (Lipinski definition) is 3. The van der Waals surface area contributed by atoms with Crippen molar-refractivity contribution in [2.45, 2.75) is 56.4 Å². The van der Waals surface area contributed by atoms with Crippen molar-refractivity contribution in [1.82, 2.24) is 5.32 Å². The van der Waals surface area contributed by atoms with E-state index in [2.05, 4.69) is 5.32 Å². The Morgan fingerprint density at radius 1 is 1.17 bits per heavy atom. The average Bonchev–Trinajstić information content (AvgIpc) is 3.02. The van der Waals surface area contributed by atoms with Gasteiger partial charge >= 0.3 is 5.97 Å². The number of benzene rings is 1. The summed E-state index contributed by atoms with van der Waals surface area (Å²) in [5.41, 5.74) is 0.495. The molecule has 5 nitrogen and oxygen atoms in total. The van der Waals surface area contributed by atoms with E-state index >= 15 is 0 Å². The number of ether oxygens (including phenoxy) is 1. The number of amides is 1. The fourth-order valence-electron chi connectivity index (χ4n) is 3.75. The van der Waals surface area contributed by atoms with E-state index in [1.54, 1.807) is 6.07 Å². The molecule has 1 aliphatic heterocycles. The Kier molecular flexibility index (Phi) is 5.19. The van der Waals surface area contributed by atoms with Crippen LogP contribution in [0, 0.1) is 0 Å². The van der Waals surface area contributed by atoms with Crippen LogP contribution in [0.25, 0.3) is 0 Å². The van der Waals surface area contributed by atoms with Gasteiger partial charge in [-0.25, -0.2) is 4.79 Å². The molecule has 24 heavy (non-hydrogen) atoms. The molecule has 1 saturated carbocycles. The van der Waals surface area contributed by atoms with E-state index in [1.165, 1.54) is 0 Å². The lowest BCUT2D eigenvalue weighted by molar-refractivity contribution is -0.145. The summed E-state index contributed by atoms with van der Waals surface area (Å²) in [5, 5.41) is 12.5. The van der Waals surface area contributed by atoms with Crippen molar-refractivity contribution in [3.8, 4) is 0 Å². The van der Waals surface area contributed by atoms with Crippen LogP contribution < -0.4 is 5.32 Å². The summed E-state index contributed by atoms with van der Waals surface area (Å²) in [6, 6.07) is 7.50. The van der Waals surface area contributed by atoms with Crippen molar-refractivity contribution < 1.29 is 19.4 Å². The third-order valence-corrected chi connectivity index (χ3v) is 5.27. The fourth-order valence-corrected chi connectivity index (χ4v) is 3.75. The van der Waals surface area contributed by atoms with Crippen molar-refractivity contribution in [3.05, 3.63) is 35.4 Å². The lowest BCUT2D eigenvalue weighted by Gasteiger charge is -2.29. The second-order valence-electron chi connectivity index (χ2n) is 6.94. The molecule has 5 heteroatoms. The second-order valence-corrected chi connectivity index (χ2v) is 6.94. The molecule has 130 valence electrons. The molecule has 1 atom stereocenters. The predicted octanol–water partition coefficient (Wildman–Crippen LogP) is 3.10. The molecular formula is C19H25NO4. The maximum absolute atomic E-state index is 12.7. The molecule has 0 bridgehead atoms. The zero-order valence-corrected chi connectivity index (χ0v) is 13.9. The monoisotopic (exact) mass is 331 g/mol. The Labute approximate surface area is 142 Å². The van der Waals surface area contributed by atoms with Gasteiger partial charge < -0.3 is 15.2 Å². The first-order valence-electron chi connectivity index (χ1n) is 8.84. The van der Waals surface area contributed by atoms with Crippen molar-refractivity contribution in [2.24, 2.45) is 0 Å². The Morgan fingerprint density at radius 3 is 2.54 bits per heavy atom. The van der Waals surface area contributed by atoms with Crippen molar-refractivity contribution in [3.63, 3.8) is 0 Å². The fraction of sp³-hybridized carbons (Fsp3) is 0.579. The van der Waals surface area contributed by atoms with Gasteiger partial charge in [0.15, 0.2) is 0 Å². The van der Waals surface area contributed by atoms with Crippen molar-refractivity contribution in [2.75, 3.05) is 13.2 Å². The van der Waals surface area contributed by atoms with Gasteiger partial charge in [-0.1, -0.05) is 37.8 Å². The molecule has 3 rings (SSSR count). The zero-order valence-electron chi connectivity index (χ0n) is 13.9. The molecule has 1 aromatic rings. The van der Waals surface area contributed by atoms with Gasteiger partial charge in [0, 0.05) is 18.1 Å². The van der Waals surface area contributed by atoms with Gasteiger partial charge in [-0.05, 0) is 37.0 Å². The number of carboxylic acid groups (broad SMARTS) is 1. The lowest BCUT2D eigenvalue weighted by atomic mass is 9.89. The van der Waals surface area contributed by atoms with E-state index in [0.717, 1.165) is 44.3 Å². The van der Waals surface area contributed by atoms with E-state index in [1.807, 2.05) is 18.2 Å². The standard InChI is InChI=1S/C19H25NO4/c21-17(20-19(18(22)23)9-3-1-2-4-10-19)15-7-5-6-14(12-15)16-8-11-24-13-16/h5-7,12,16H,1-4,8-11,13H2,(H,20,21)(H,22,23). The third-order valence-electron chi connectivity index (χ3n) is 5.27. The summed E-state index contributed by atoms with van der Waals surface area (Å²) in [5.74, 6) is -0.887. The minimum atomic E-state index is -1.12. The van der Waals surface area contributed by atoms with Crippen molar-refractivity contribution >= 4 is 11.9 Å². The van der Waals surface area contributed by atoms with Gasteiger partial charge in [0.2, 0.25) is 0 Å². The maximum Gasteiger partial charge on any atom is 0.329 e. The molecule has 1 unspecified atom stereocenters. The first-order valence-corrected chi connectivity index (χ1v) is 8.84. The first-order chi connectivity index (χ1) is 11.6. The Hall–Kier alpha value is -1.88. The predicted molar refractivity (Wildman–Crippen MR) is 90.2 cm³/mol. The molecule has 2 fully saturated rings. The highest BCUT2D eigenvalue weighted by molar-refractivity contribution is 5.98. The largest absolute Gasteiger partial charge is 0.480 e. The molecule has 1 saturated heterocycles. The number of hydrogen-bond donors (Lipinski definition) is 2. The Morgan fingerprint density at radius 2 is 1.92 bits per heavy atom. The topological polar surface area (TPSA) is 75.6 Å². The molecule has 1 amide bonds. The summed E-state index contributed by atoms with van der Waals surface area (Å²) < 4.78 is 5.42. The quantitative estimate of drug-likeness (QED) is 0.831. The molecule has 0 spiro atoms. The highest BCUT2D eigenvalue weighted by Crippen LogP contribution is 2.29. The molecule has 0 aromatic heterocycles. The number of carboxylic acids is 1. The van der Waals surface area contributed by atoms with Crippen LogP contribution in [0.3, 0.4) is 0 Å². The molecular weight excluding hydrogens is 306 g/mol. The van der Waals surface area contributed by atoms with Crippen LogP contribution in [-0.2, 0) is 9.53 Å². The van der Waals surface area contributed by atoms with E-state index in [9.17, 15) is 14.7 Å². The van der Waals surface area contributed by atoms with Gasteiger partial charge in [-0.15, -0.1) is 0 Å². The molecule has 1 aliphatic carbocycles. The summed E-state index contributed by atoms with van der Waals surface area (Å²) >= 11 is 0. The molecule has 1 aromatic carbocycles. The Bertz CT molecular complexity index is 599. The van der Waals surface area contributed by atoms with Crippen molar-refractivity contribution in [1.29, 1.82) is 0 Å². The molecule has 0 radical (unpaired) electrons. The summed E-state index contributed by atoms with van der Waals surface area (Å²) in [6.45, 7) is 1.44. The van der Waals surface area contributed by atoms with Crippen LogP contribution in [0.1, 0.15) is 66.8 Å². The van der Waals surface area contributed by atoms with Gasteiger partial charge in [-0.2, -0.15) is 0 Å². The molecule has 2 N–H and O–H groups in total. The van der Waals surface area contributed by atoms with E-state index in [0.29, 0.717) is 30.9 Å². The minimum absolute atomic E-state index is 0.292. The van der Waals surface area contributed by atoms with Crippen LogP contribution in [-0.4, -0.2) is 35.7 Å². The number of nitrogens with one attached hydrogen (secondary N) is 1. The summed E-state index contributed by atoms with van der Waals surface area (Å²) in [7, 11) is 0. The first kappa shape index (κ1) is 17.0. The SMILES string of the molecule is O=C(NC1(C(=O)O)CCCCCC1)c1cccc(C2CCOC2)c1. The van der Waals surface area contributed by atoms with Gasteiger partial charge in [0.25, 0.3) is 5.91 Å². The number of aliphatic carboxylic acids is 1. The smallest absolute Gasteiger partial charge is 0.329 e. The highest BCUT2D eigenvalue weighted by Gasteiger charge is 2.40. The van der Waals surface area contributed by atoms with Crippen LogP contribution in [0.4, 0.5) is 0 Å². The third kappa shape index (κ3) is 3.61.